The van der Waals surface area contributed by atoms with Gasteiger partial charge in [0.15, 0.2) is 11.6 Å². The first-order valence-electron chi connectivity index (χ1n) is 9.58. The molecule has 0 saturated carbocycles. The van der Waals surface area contributed by atoms with Crippen LogP contribution in [-0.2, 0) is 24.3 Å². The summed E-state index contributed by atoms with van der Waals surface area (Å²) in [5.74, 6) is -1.01. The second kappa shape index (κ2) is 8.13. The predicted molar refractivity (Wildman–Crippen MR) is 106 cm³/mol. The molecule has 1 aliphatic rings. The number of hydrogen-bond acceptors (Lipinski definition) is 3. The third-order valence-electron chi connectivity index (χ3n) is 5.14. The first kappa shape index (κ1) is 19.3. The molecule has 0 saturated heterocycles. The Morgan fingerprint density at radius 3 is 2.66 bits per heavy atom. The maximum Gasteiger partial charge on any atom is 0.224 e. The lowest BCUT2D eigenvalue weighted by Crippen LogP contribution is -2.41. The number of rotatable bonds is 5. The summed E-state index contributed by atoms with van der Waals surface area (Å²) in [6, 6.07) is 13.2. The van der Waals surface area contributed by atoms with Crippen molar-refractivity contribution >= 4 is 5.91 Å². The van der Waals surface area contributed by atoms with Crippen molar-refractivity contribution in [1.29, 1.82) is 0 Å². The van der Waals surface area contributed by atoms with E-state index in [4.69, 9.17) is 5.73 Å². The molecule has 150 valence electrons. The van der Waals surface area contributed by atoms with E-state index in [0.29, 0.717) is 31.6 Å². The van der Waals surface area contributed by atoms with Crippen LogP contribution in [0.4, 0.5) is 8.78 Å². The highest BCUT2D eigenvalue weighted by Crippen LogP contribution is 2.22. The molecule has 0 bridgehead atoms. The van der Waals surface area contributed by atoms with E-state index in [2.05, 4.69) is 9.55 Å². The lowest BCUT2D eigenvalue weighted by Gasteiger charge is -2.28. The molecule has 1 aliphatic heterocycles. The number of nitrogens with two attached hydrogens (primary N) is 1. The van der Waals surface area contributed by atoms with Gasteiger partial charge >= 0.3 is 0 Å². The molecule has 7 heteroatoms. The van der Waals surface area contributed by atoms with Crippen molar-refractivity contribution in [2.24, 2.45) is 5.73 Å². The molecule has 29 heavy (non-hydrogen) atoms. The summed E-state index contributed by atoms with van der Waals surface area (Å²) in [5, 5.41) is 0. The van der Waals surface area contributed by atoms with Gasteiger partial charge in [-0.05, 0) is 24.1 Å². The topological polar surface area (TPSA) is 64.2 Å². The lowest BCUT2D eigenvalue weighted by atomic mass is 10.0. The smallest absolute Gasteiger partial charge is 0.224 e. The lowest BCUT2D eigenvalue weighted by molar-refractivity contribution is -0.133. The molecule has 2 heterocycles. The standard InChI is InChI=1S/C22H22F2N4O/c23-18-7-6-15(11-19(18)24)10-17(25)12-22(29)28-9-8-27-13-20(26-21(27)14-28)16-4-2-1-3-5-16/h1-7,11,13,17H,8-10,12,14,25H2/t17-/m1/s1. The predicted octanol–water partition coefficient (Wildman–Crippen LogP) is 3.13. The van der Waals surface area contributed by atoms with Gasteiger partial charge in [-0.2, -0.15) is 0 Å². The van der Waals surface area contributed by atoms with Gasteiger partial charge in [0.05, 0.1) is 12.2 Å². The van der Waals surface area contributed by atoms with Crippen molar-refractivity contribution < 1.29 is 13.6 Å². The zero-order chi connectivity index (χ0) is 20.4. The van der Waals surface area contributed by atoms with E-state index in [0.717, 1.165) is 29.2 Å². The molecule has 1 atom stereocenters. The monoisotopic (exact) mass is 396 g/mol. The van der Waals surface area contributed by atoms with Gasteiger partial charge in [0.2, 0.25) is 5.91 Å². The van der Waals surface area contributed by atoms with E-state index >= 15 is 0 Å². The first-order valence-corrected chi connectivity index (χ1v) is 9.58. The van der Waals surface area contributed by atoms with Crippen LogP contribution in [0, 0.1) is 11.6 Å². The van der Waals surface area contributed by atoms with E-state index in [-0.39, 0.29) is 12.3 Å². The summed E-state index contributed by atoms with van der Waals surface area (Å²) < 4.78 is 28.5. The minimum absolute atomic E-state index is 0.0596. The van der Waals surface area contributed by atoms with Crippen LogP contribution in [-0.4, -0.2) is 32.9 Å². The fourth-order valence-electron chi connectivity index (χ4n) is 3.61. The molecule has 0 unspecified atom stereocenters. The number of hydrogen-bond donors (Lipinski definition) is 1. The van der Waals surface area contributed by atoms with Crippen molar-refractivity contribution in [2.75, 3.05) is 6.54 Å². The van der Waals surface area contributed by atoms with Crippen LogP contribution in [0.1, 0.15) is 17.8 Å². The number of nitrogens with zero attached hydrogens (tertiary/aromatic N) is 3. The van der Waals surface area contributed by atoms with Crippen LogP contribution in [0.2, 0.25) is 0 Å². The maximum absolute atomic E-state index is 13.3. The highest BCUT2D eigenvalue weighted by molar-refractivity contribution is 5.77. The van der Waals surface area contributed by atoms with Crippen LogP contribution < -0.4 is 5.73 Å². The summed E-state index contributed by atoms with van der Waals surface area (Å²) in [6.45, 7) is 1.71. The Kier molecular flexibility index (Phi) is 5.40. The van der Waals surface area contributed by atoms with Crippen molar-refractivity contribution in [3.05, 3.63) is 77.8 Å². The molecule has 2 aromatic carbocycles. The number of fused-ring (bicyclic) bond motifs is 1. The highest BCUT2D eigenvalue weighted by Gasteiger charge is 2.24. The van der Waals surface area contributed by atoms with Crippen molar-refractivity contribution in [3.63, 3.8) is 0 Å². The summed E-state index contributed by atoms with van der Waals surface area (Å²) >= 11 is 0. The van der Waals surface area contributed by atoms with Crippen LogP contribution in [0.3, 0.4) is 0 Å². The third-order valence-corrected chi connectivity index (χ3v) is 5.14. The Morgan fingerprint density at radius 1 is 1.10 bits per heavy atom. The molecule has 0 spiro atoms. The number of halogens is 2. The van der Waals surface area contributed by atoms with Gasteiger partial charge in [0.25, 0.3) is 0 Å². The highest BCUT2D eigenvalue weighted by atomic mass is 19.2. The number of benzene rings is 2. The summed E-state index contributed by atoms with van der Waals surface area (Å²) in [5.41, 5.74) is 8.60. The molecule has 0 aliphatic carbocycles. The molecule has 0 fully saturated rings. The molecule has 3 aromatic rings. The Hall–Kier alpha value is -3.06. The fourth-order valence-corrected chi connectivity index (χ4v) is 3.61. The van der Waals surface area contributed by atoms with Gasteiger partial charge in [0, 0.05) is 37.3 Å². The summed E-state index contributed by atoms with van der Waals surface area (Å²) in [4.78, 5) is 19.1. The zero-order valence-corrected chi connectivity index (χ0v) is 15.9. The first-order chi connectivity index (χ1) is 14.0. The summed E-state index contributed by atoms with van der Waals surface area (Å²) in [7, 11) is 0. The Bertz CT molecular complexity index is 1020. The molecule has 5 nitrogen and oxygen atoms in total. The number of carbonyl (C=O) groups is 1. The van der Waals surface area contributed by atoms with E-state index in [9.17, 15) is 13.6 Å². The van der Waals surface area contributed by atoms with Gasteiger partial charge < -0.3 is 15.2 Å². The molecule has 0 radical (unpaired) electrons. The number of amides is 1. The Balaban J connectivity index is 1.38. The SMILES string of the molecule is N[C@@H](CC(=O)N1CCn2cc(-c3ccccc3)nc2C1)Cc1ccc(F)c(F)c1. The fraction of sp³-hybridized carbons (Fsp3) is 0.273. The maximum atomic E-state index is 13.3. The van der Waals surface area contributed by atoms with Crippen LogP contribution in [0.5, 0.6) is 0 Å². The molecule has 1 amide bonds. The number of carbonyl (C=O) groups excluding carboxylic acids is 1. The second-order valence-corrected chi connectivity index (χ2v) is 7.33. The van der Waals surface area contributed by atoms with Crippen LogP contribution in [0.25, 0.3) is 11.3 Å². The Labute approximate surface area is 167 Å². The quantitative estimate of drug-likeness (QED) is 0.721. The van der Waals surface area contributed by atoms with E-state index in [1.807, 2.05) is 36.5 Å². The number of aromatic nitrogens is 2. The Morgan fingerprint density at radius 2 is 1.90 bits per heavy atom. The number of imidazole rings is 1. The minimum atomic E-state index is -0.905. The van der Waals surface area contributed by atoms with Gasteiger partial charge in [-0.1, -0.05) is 36.4 Å². The molecule has 2 N–H and O–H groups in total. The molecule has 1 aromatic heterocycles. The summed E-state index contributed by atoms with van der Waals surface area (Å²) in [6.07, 6.45) is 2.47. The average Bonchev–Trinajstić information content (AvgIpc) is 3.15. The minimum Gasteiger partial charge on any atom is -0.333 e. The van der Waals surface area contributed by atoms with Crippen LogP contribution in [0.15, 0.2) is 54.7 Å². The van der Waals surface area contributed by atoms with Gasteiger partial charge in [0.1, 0.15) is 5.82 Å². The molecular weight excluding hydrogens is 374 g/mol. The van der Waals surface area contributed by atoms with E-state index in [1.165, 1.54) is 6.07 Å². The van der Waals surface area contributed by atoms with Crippen molar-refractivity contribution in [1.82, 2.24) is 14.5 Å². The van der Waals surface area contributed by atoms with Crippen molar-refractivity contribution in [3.8, 4) is 11.3 Å². The van der Waals surface area contributed by atoms with Gasteiger partial charge in [-0.3, -0.25) is 4.79 Å². The van der Waals surface area contributed by atoms with Gasteiger partial charge in [-0.15, -0.1) is 0 Å². The second-order valence-electron chi connectivity index (χ2n) is 7.33. The third kappa shape index (κ3) is 4.35. The molecule has 4 rings (SSSR count). The zero-order valence-electron chi connectivity index (χ0n) is 15.9. The normalized spacial score (nSPS) is 14.5. The molecular formula is C22H22F2N4O. The van der Waals surface area contributed by atoms with Crippen LogP contribution >= 0.6 is 0 Å². The van der Waals surface area contributed by atoms with E-state index < -0.39 is 17.7 Å². The van der Waals surface area contributed by atoms with Crippen molar-refractivity contribution in [2.45, 2.75) is 32.0 Å². The van der Waals surface area contributed by atoms with Gasteiger partial charge in [-0.25, -0.2) is 13.8 Å². The van der Waals surface area contributed by atoms with E-state index in [1.54, 1.807) is 4.90 Å². The average molecular weight is 396 g/mol. The largest absolute Gasteiger partial charge is 0.333 e.